The monoisotopic (exact) mass is 468 g/mol. The van der Waals surface area contributed by atoms with Gasteiger partial charge in [0.25, 0.3) is 10.0 Å². The molecule has 4 rings (SSSR count). The highest BCUT2D eigenvalue weighted by molar-refractivity contribution is 9.11. The average molecular weight is 469 g/mol. The molecule has 144 valence electrons. The Balaban J connectivity index is 1.45. The molecule has 0 spiro atoms. The number of nitrogens with zero attached hydrogens (tertiary/aromatic N) is 1. The van der Waals surface area contributed by atoms with E-state index in [2.05, 4.69) is 33.4 Å². The summed E-state index contributed by atoms with van der Waals surface area (Å²) in [5.41, 5.74) is 2.48. The second-order valence-electron chi connectivity index (χ2n) is 7.06. The Morgan fingerprint density at radius 2 is 2.00 bits per heavy atom. The minimum absolute atomic E-state index is 0.0361. The highest BCUT2D eigenvalue weighted by atomic mass is 79.9. The molecule has 2 aromatic rings. The van der Waals surface area contributed by atoms with Crippen LogP contribution in [0.15, 0.2) is 44.4 Å². The van der Waals surface area contributed by atoms with E-state index in [9.17, 15) is 13.2 Å². The second kappa shape index (κ2) is 7.66. The second-order valence-corrected chi connectivity index (χ2v) is 11.7. The van der Waals surface area contributed by atoms with Crippen molar-refractivity contribution in [3.05, 3.63) is 51.3 Å². The van der Waals surface area contributed by atoms with Crippen LogP contribution in [-0.4, -0.2) is 31.7 Å². The van der Waals surface area contributed by atoms with Crippen molar-refractivity contribution in [2.45, 2.75) is 35.9 Å². The van der Waals surface area contributed by atoms with Crippen LogP contribution in [0.25, 0.3) is 0 Å². The van der Waals surface area contributed by atoms with Gasteiger partial charge in [-0.15, -0.1) is 11.3 Å². The number of amides is 1. The number of piperidine rings is 1. The SMILES string of the molecule is O=C(NC1CCc2ccccc21)C1CCCN(S(=O)(=O)c2ccc(Br)s2)C1. The number of hydrogen-bond acceptors (Lipinski definition) is 4. The summed E-state index contributed by atoms with van der Waals surface area (Å²) < 4.78 is 28.3. The summed E-state index contributed by atoms with van der Waals surface area (Å²) in [5.74, 6) is -0.339. The third kappa shape index (κ3) is 3.85. The summed E-state index contributed by atoms with van der Waals surface area (Å²) in [7, 11) is -3.54. The first kappa shape index (κ1) is 19.1. The van der Waals surface area contributed by atoms with Crippen LogP contribution in [0.2, 0.25) is 0 Å². The van der Waals surface area contributed by atoms with Crippen LogP contribution in [0.4, 0.5) is 0 Å². The zero-order valence-corrected chi connectivity index (χ0v) is 17.9. The molecular formula is C19H21BrN2O3S2. The highest BCUT2D eigenvalue weighted by Gasteiger charge is 2.35. The van der Waals surface area contributed by atoms with Crippen LogP contribution in [-0.2, 0) is 21.2 Å². The predicted octanol–water partition coefficient (Wildman–Crippen LogP) is 3.72. The summed E-state index contributed by atoms with van der Waals surface area (Å²) in [6.45, 7) is 0.714. The largest absolute Gasteiger partial charge is 0.349 e. The first-order valence-corrected chi connectivity index (χ1v) is 12.1. The zero-order valence-electron chi connectivity index (χ0n) is 14.7. The molecular weight excluding hydrogens is 448 g/mol. The topological polar surface area (TPSA) is 66.5 Å². The quantitative estimate of drug-likeness (QED) is 0.743. The van der Waals surface area contributed by atoms with Gasteiger partial charge in [-0.1, -0.05) is 24.3 Å². The van der Waals surface area contributed by atoms with Crippen LogP contribution in [0.5, 0.6) is 0 Å². The van der Waals surface area contributed by atoms with E-state index in [1.54, 1.807) is 12.1 Å². The van der Waals surface area contributed by atoms with Gasteiger partial charge in [0.05, 0.1) is 15.7 Å². The lowest BCUT2D eigenvalue weighted by Crippen LogP contribution is -2.45. The average Bonchev–Trinajstić information content (AvgIpc) is 3.29. The molecule has 1 aliphatic carbocycles. The van der Waals surface area contributed by atoms with E-state index >= 15 is 0 Å². The minimum Gasteiger partial charge on any atom is -0.349 e. The van der Waals surface area contributed by atoms with Crippen LogP contribution in [0.3, 0.4) is 0 Å². The number of hydrogen-bond donors (Lipinski definition) is 1. The number of nitrogens with one attached hydrogen (secondary N) is 1. The van der Waals surface area contributed by atoms with Gasteiger partial charge >= 0.3 is 0 Å². The van der Waals surface area contributed by atoms with Gasteiger partial charge < -0.3 is 5.32 Å². The Morgan fingerprint density at radius 1 is 1.19 bits per heavy atom. The van der Waals surface area contributed by atoms with Crippen LogP contribution in [0.1, 0.15) is 36.4 Å². The molecule has 1 amide bonds. The van der Waals surface area contributed by atoms with Crippen molar-refractivity contribution < 1.29 is 13.2 Å². The first-order chi connectivity index (χ1) is 12.9. The molecule has 1 aromatic heterocycles. The molecule has 1 aliphatic heterocycles. The summed E-state index contributed by atoms with van der Waals surface area (Å²) in [4.78, 5) is 12.8. The lowest BCUT2D eigenvalue weighted by Gasteiger charge is -2.31. The lowest BCUT2D eigenvalue weighted by molar-refractivity contribution is -0.126. The zero-order chi connectivity index (χ0) is 19.0. The molecule has 1 fully saturated rings. The maximum atomic E-state index is 12.9. The lowest BCUT2D eigenvalue weighted by atomic mass is 9.98. The van der Waals surface area contributed by atoms with Crippen LogP contribution >= 0.6 is 27.3 Å². The van der Waals surface area contributed by atoms with Crippen molar-refractivity contribution in [1.82, 2.24) is 9.62 Å². The van der Waals surface area contributed by atoms with Gasteiger partial charge in [0.1, 0.15) is 4.21 Å². The van der Waals surface area contributed by atoms with Gasteiger partial charge in [-0.05, 0) is 64.9 Å². The number of halogens is 1. The molecule has 5 nitrogen and oxygen atoms in total. The Bertz CT molecular complexity index is 957. The summed E-state index contributed by atoms with van der Waals surface area (Å²) in [5, 5.41) is 3.16. The molecule has 0 bridgehead atoms. The number of thiophene rings is 1. The molecule has 1 saturated heterocycles. The van der Waals surface area contributed by atoms with E-state index in [-0.39, 0.29) is 24.4 Å². The van der Waals surface area contributed by atoms with Crippen molar-refractivity contribution in [1.29, 1.82) is 0 Å². The fourth-order valence-corrected chi connectivity index (χ4v) is 7.62. The van der Waals surface area contributed by atoms with Crippen molar-refractivity contribution in [3.8, 4) is 0 Å². The van der Waals surface area contributed by atoms with E-state index in [1.807, 2.05) is 12.1 Å². The molecule has 8 heteroatoms. The molecule has 27 heavy (non-hydrogen) atoms. The van der Waals surface area contributed by atoms with E-state index in [4.69, 9.17) is 0 Å². The number of benzene rings is 1. The minimum atomic E-state index is -3.54. The summed E-state index contributed by atoms with van der Waals surface area (Å²) >= 11 is 4.52. The molecule has 2 heterocycles. The van der Waals surface area contributed by atoms with E-state index in [1.165, 1.54) is 26.8 Å². The van der Waals surface area contributed by atoms with Crippen molar-refractivity contribution >= 4 is 43.2 Å². The Labute approximate surface area is 172 Å². The number of sulfonamides is 1. The van der Waals surface area contributed by atoms with Gasteiger partial charge in [-0.3, -0.25) is 4.79 Å². The fourth-order valence-electron chi connectivity index (χ4n) is 3.93. The van der Waals surface area contributed by atoms with E-state index in [0.717, 1.165) is 23.0 Å². The molecule has 2 aliphatic rings. The van der Waals surface area contributed by atoms with Crippen molar-refractivity contribution in [2.24, 2.45) is 5.92 Å². The fraction of sp³-hybridized carbons (Fsp3) is 0.421. The molecule has 0 radical (unpaired) electrons. The first-order valence-electron chi connectivity index (χ1n) is 9.09. The number of aryl methyl sites for hydroxylation is 1. The van der Waals surface area contributed by atoms with Gasteiger partial charge in [0.15, 0.2) is 0 Å². The molecule has 2 atom stereocenters. The Hall–Kier alpha value is -1.22. The van der Waals surface area contributed by atoms with E-state index < -0.39 is 10.0 Å². The van der Waals surface area contributed by atoms with E-state index in [0.29, 0.717) is 17.2 Å². The smallest absolute Gasteiger partial charge is 0.252 e. The van der Waals surface area contributed by atoms with Gasteiger partial charge in [-0.25, -0.2) is 8.42 Å². The molecule has 2 unspecified atom stereocenters. The van der Waals surface area contributed by atoms with Gasteiger partial charge in [0, 0.05) is 13.1 Å². The number of rotatable bonds is 4. The molecule has 0 saturated carbocycles. The van der Waals surface area contributed by atoms with Gasteiger partial charge in [0.2, 0.25) is 5.91 Å². The highest BCUT2D eigenvalue weighted by Crippen LogP contribution is 2.33. The number of fused-ring (bicyclic) bond motifs is 1. The maximum Gasteiger partial charge on any atom is 0.252 e. The summed E-state index contributed by atoms with van der Waals surface area (Å²) in [6.07, 6.45) is 3.30. The normalized spacial score (nSPS) is 23.1. The Kier molecular flexibility index (Phi) is 5.42. The van der Waals surface area contributed by atoms with Crippen molar-refractivity contribution in [3.63, 3.8) is 0 Å². The number of carbonyl (C=O) groups is 1. The molecule has 1 aromatic carbocycles. The van der Waals surface area contributed by atoms with Crippen molar-refractivity contribution in [2.75, 3.05) is 13.1 Å². The third-order valence-corrected chi connectivity index (χ3v) is 9.30. The standard InChI is InChI=1S/C19H21BrN2O3S2/c20-17-9-10-18(26-17)27(24,25)22-11-3-5-14(12-22)19(23)21-16-8-7-13-4-1-2-6-15(13)16/h1-2,4,6,9-10,14,16H,3,5,7-8,11-12H2,(H,21,23). The Morgan fingerprint density at radius 3 is 2.78 bits per heavy atom. The number of carbonyl (C=O) groups excluding carboxylic acids is 1. The summed E-state index contributed by atoms with van der Waals surface area (Å²) in [6, 6.07) is 11.6. The van der Waals surface area contributed by atoms with Crippen LogP contribution < -0.4 is 5.32 Å². The van der Waals surface area contributed by atoms with Gasteiger partial charge in [-0.2, -0.15) is 4.31 Å². The third-order valence-electron chi connectivity index (χ3n) is 5.35. The van der Waals surface area contributed by atoms with Crippen LogP contribution in [0, 0.1) is 5.92 Å². The molecule has 1 N–H and O–H groups in total. The maximum absolute atomic E-state index is 12.9. The predicted molar refractivity (Wildman–Crippen MR) is 109 cm³/mol.